The molecular formula is C59H55FIrN4OSi-2. The summed E-state index contributed by atoms with van der Waals surface area (Å²) in [4.78, 5) is 14.2. The molecule has 6 aromatic carbocycles. The van der Waals surface area contributed by atoms with E-state index < -0.39 is 51.1 Å². The Balaban J connectivity index is 0.000000384. The zero-order valence-electron chi connectivity index (χ0n) is 47.2. The van der Waals surface area contributed by atoms with Crippen LogP contribution in [0, 0.1) is 38.5 Å². The third-order valence-electron chi connectivity index (χ3n) is 11.9. The van der Waals surface area contributed by atoms with E-state index in [4.69, 9.17) is 21.7 Å². The number of fused-ring (bicyclic) bond motifs is 4. The second kappa shape index (κ2) is 19.1. The third-order valence-corrected chi connectivity index (χ3v) is 14.0. The van der Waals surface area contributed by atoms with Crippen LogP contribution in [0.5, 0.6) is 0 Å². The van der Waals surface area contributed by atoms with Crippen LogP contribution in [0.4, 0.5) is 4.39 Å². The summed E-state index contributed by atoms with van der Waals surface area (Å²) in [7, 11) is -1.23. The van der Waals surface area contributed by atoms with Gasteiger partial charge in [-0.25, -0.2) is 4.39 Å². The maximum Gasteiger partial charge on any atom is 0.139 e. The molecule has 4 heterocycles. The Morgan fingerprint density at radius 3 is 2.22 bits per heavy atom. The van der Waals surface area contributed by atoms with E-state index in [1.54, 1.807) is 24.3 Å². The molecule has 8 heteroatoms. The van der Waals surface area contributed by atoms with Crippen LogP contribution in [0.3, 0.4) is 0 Å². The molecule has 10 aromatic rings. The Labute approximate surface area is 421 Å². The molecule has 0 aliphatic heterocycles. The zero-order chi connectivity index (χ0) is 53.8. The number of halogens is 1. The molecule has 0 unspecified atom stereocenters. The Bertz CT molecular complexity index is 3680. The van der Waals surface area contributed by atoms with Gasteiger partial charge < -0.3 is 14.0 Å². The van der Waals surface area contributed by atoms with Gasteiger partial charge in [0.05, 0.1) is 36.0 Å². The number of rotatable bonds is 8. The number of benzene rings is 6. The molecule has 339 valence electrons. The standard InChI is InChI=1S/C45H39FN3O.C14H16NSi.Ir/c1-27-22-31(23-28(2)29(27)3)32-24-41-42(47-26-32)36-15-10-16-37(43(36)50-41)44-48-39-19-18-33(46)25-40(39)49(44)21-20-35-34(30-12-8-7-9-13-30)14-11-17-38(35)45(4,5)6;1-16(2,3)13-9-10-14(15-11-13)12-7-5-4-6-8-12;/h7-15,17-19,22-26H,20-21H2,1-6H3;4-7,9-11H,1-3H3;/q2*-1;/i1D3,2D3,3D3;;. The van der Waals surface area contributed by atoms with Gasteiger partial charge in [-0.3, -0.25) is 9.97 Å². The van der Waals surface area contributed by atoms with Gasteiger partial charge in [0.2, 0.25) is 0 Å². The Hall–Kier alpha value is -6.31. The van der Waals surface area contributed by atoms with Crippen molar-refractivity contribution < 1.29 is 41.2 Å². The van der Waals surface area contributed by atoms with E-state index in [2.05, 4.69) is 105 Å². The summed E-state index contributed by atoms with van der Waals surface area (Å²) in [6, 6.07) is 47.4. The molecule has 0 fully saturated rings. The van der Waals surface area contributed by atoms with Crippen LogP contribution < -0.4 is 5.19 Å². The van der Waals surface area contributed by atoms with Gasteiger partial charge in [0.25, 0.3) is 0 Å². The molecule has 5 nitrogen and oxygen atoms in total. The maximum absolute atomic E-state index is 15.0. The largest absolute Gasteiger partial charge is 0.499 e. The normalized spacial score (nSPS) is 14.3. The van der Waals surface area contributed by atoms with Gasteiger partial charge in [0.1, 0.15) is 11.4 Å². The maximum atomic E-state index is 15.0. The van der Waals surface area contributed by atoms with Gasteiger partial charge in [0, 0.05) is 56.9 Å². The third kappa shape index (κ3) is 9.76. The van der Waals surface area contributed by atoms with Crippen molar-refractivity contribution in [2.45, 2.75) is 79.3 Å². The molecule has 1 radical (unpaired) electrons. The van der Waals surface area contributed by atoms with Crippen molar-refractivity contribution in [1.82, 2.24) is 19.5 Å². The average Bonchev–Trinajstić information content (AvgIpc) is 3.99. The Morgan fingerprint density at radius 1 is 0.746 bits per heavy atom. The van der Waals surface area contributed by atoms with Crippen LogP contribution in [0.15, 0.2) is 150 Å². The number of furan rings is 1. The van der Waals surface area contributed by atoms with E-state index >= 15 is 0 Å². The van der Waals surface area contributed by atoms with Crippen molar-refractivity contribution in [3.8, 4) is 44.9 Å². The van der Waals surface area contributed by atoms with Gasteiger partial charge in [0.15, 0.2) is 0 Å². The van der Waals surface area contributed by atoms with E-state index in [9.17, 15) is 4.39 Å². The van der Waals surface area contributed by atoms with Crippen LogP contribution in [0.1, 0.15) is 60.9 Å². The fourth-order valence-corrected chi connectivity index (χ4v) is 9.51. The van der Waals surface area contributed by atoms with Gasteiger partial charge >= 0.3 is 0 Å². The Kier molecular flexibility index (Phi) is 10.5. The summed E-state index contributed by atoms with van der Waals surface area (Å²) >= 11 is 0. The van der Waals surface area contributed by atoms with E-state index in [0.29, 0.717) is 63.0 Å². The predicted molar refractivity (Wildman–Crippen MR) is 274 cm³/mol. The summed E-state index contributed by atoms with van der Waals surface area (Å²) in [5.74, 6) is 0.109. The molecule has 0 aliphatic carbocycles. The molecule has 67 heavy (non-hydrogen) atoms. The fourth-order valence-electron chi connectivity index (χ4n) is 8.48. The van der Waals surface area contributed by atoms with Crippen LogP contribution in [-0.4, -0.2) is 27.6 Å². The first kappa shape index (κ1) is 36.8. The number of aryl methyl sites for hydroxylation is 3. The summed E-state index contributed by atoms with van der Waals surface area (Å²) in [5, 5.41) is 2.03. The second-order valence-corrected chi connectivity index (χ2v) is 23.7. The molecule has 0 aliphatic rings. The first-order valence-electron chi connectivity index (χ1n) is 26.5. The monoisotopic (exact) mass is 1080 g/mol. The number of aromatic nitrogens is 4. The first-order chi connectivity index (χ1) is 35.3. The molecule has 10 rings (SSSR count). The van der Waals surface area contributed by atoms with Crippen LogP contribution in [0.2, 0.25) is 19.6 Å². The smallest absolute Gasteiger partial charge is 0.139 e. The molecule has 0 N–H and O–H groups in total. The van der Waals surface area contributed by atoms with Crippen LogP contribution in [-0.2, 0) is 38.5 Å². The van der Waals surface area contributed by atoms with Gasteiger partial charge in [-0.15, -0.1) is 54.1 Å². The van der Waals surface area contributed by atoms with Crippen molar-refractivity contribution in [2.24, 2.45) is 0 Å². The van der Waals surface area contributed by atoms with Crippen molar-refractivity contribution in [1.29, 1.82) is 0 Å². The summed E-state index contributed by atoms with van der Waals surface area (Å²) in [6.45, 7) is 5.17. The summed E-state index contributed by atoms with van der Waals surface area (Å²) in [5.41, 5.74) is 8.03. The molecule has 4 aromatic heterocycles. The first-order valence-corrected chi connectivity index (χ1v) is 25.5. The van der Waals surface area contributed by atoms with E-state index in [1.165, 1.54) is 46.8 Å². The quantitative estimate of drug-likeness (QED) is 0.112. The van der Waals surface area contributed by atoms with Crippen LogP contribution in [0.25, 0.3) is 78.0 Å². The average molecular weight is 1080 g/mol. The number of imidazole rings is 1. The predicted octanol–water partition coefficient (Wildman–Crippen LogP) is 14.8. The molecule has 0 amide bonds. The molecule has 0 bridgehead atoms. The second-order valence-electron chi connectivity index (χ2n) is 18.6. The minimum atomic E-state index is -3.00. The summed E-state index contributed by atoms with van der Waals surface area (Å²) in [6.07, 6.45) is 4.09. The summed E-state index contributed by atoms with van der Waals surface area (Å²) < 4.78 is 96.4. The molecule has 0 saturated heterocycles. The minimum absolute atomic E-state index is 0. The van der Waals surface area contributed by atoms with E-state index in [1.807, 2.05) is 53.2 Å². The fraction of sp³-hybridized carbons (Fsp3) is 0.203. The Morgan fingerprint density at radius 2 is 1.54 bits per heavy atom. The number of hydrogen-bond donors (Lipinski definition) is 0. The van der Waals surface area contributed by atoms with Crippen molar-refractivity contribution in [3.63, 3.8) is 0 Å². The number of hydrogen-bond acceptors (Lipinski definition) is 4. The minimum Gasteiger partial charge on any atom is -0.499 e. The van der Waals surface area contributed by atoms with Gasteiger partial charge in [-0.1, -0.05) is 119 Å². The van der Waals surface area contributed by atoms with Crippen molar-refractivity contribution >= 4 is 46.4 Å². The molecule has 0 spiro atoms. The van der Waals surface area contributed by atoms with Gasteiger partial charge in [-0.05, 0) is 117 Å². The van der Waals surface area contributed by atoms with Crippen LogP contribution >= 0.6 is 0 Å². The molecule has 0 atom stereocenters. The SMILES string of the molecule is C[Si](C)(C)c1ccc(-c2[c-]cccc2)nc1.[2H]C([2H])([2H])c1cc(-c2cnc3c(c2)oc2c(-c4nc5ccc(F)cc5n4CCc4c(-c5ccccc5)cccc4C(C)(C)C)[c-]ccc23)cc(C([2H])([2H])[2H])c1C([2H])([2H])[2H].[Ir]. The topological polar surface area (TPSA) is 56.7 Å². The van der Waals surface area contributed by atoms with Crippen molar-refractivity contribution in [2.75, 3.05) is 0 Å². The van der Waals surface area contributed by atoms with Gasteiger partial charge in [-0.2, -0.15) is 0 Å². The van der Waals surface area contributed by atoms with E-state index in [-0.39, 0.29) is 31.1 Å². The number of pyridine rings is 2. The molecule has 0 saturated carbocycles. The van der Waals surface area contributed by atoms with Crippen molar-refractivity contribution in [3.05, 3.63) is 192 Å². The number of nitrogens with zero attached hydrogens (tertiary/aromatic N) is 4. The molecular weight excluding hydrogens is 1020 g/mol. The van der Waals surface area contributed by atoms with E-state index in [0.717, 1.165) is 22.4 Å². The zero-order valence-corrected chi connectivity index (χ0v) is 41.6.